The van der Waals surface area contributed by atoms with E-state index in [-0.39, 0.29) is 17.1 Å². The molecule has 0 saturated carbocycles. The van der Waals surface area contributed by atoms with Crippen LogP contribution in [0.1, 0.15) is 33.5 Å². The van der Waals surface area contributed by atoms with Crippen molar-refractivity contribution in [1.29, 1.82) is 0 Å². The minimum Gasteiger partial charge on any atom is -0.379 e. The number of fused-ring (bicyclic) bond motifs is 5. The summed E-state index contributed by atoms with van der Waals surface area (Å²) in [6.45, 7) is 2.94. The molecule has 3 N–H and O–H groups in total. The van der Waals surface area contributed by atoms with Gasteiger partial charge in [-0.1, -0.05) is 12.1 Å². The Labute approximate surface area is 209 Å². The molecule has 2 aromatic carbocycles. The Hall–Kier alpha value is -3.54. The zero-order valence-corrected chi connectivity index (χ0v) is 19.7. The first-order valence-corrected chi connectivity index (χ1v) is 12.1. The maximum Gasteiger partial charge on any atom is 0.418 e. The minimum atomic E-state index is -4.61. The Kier molecular flexibility index (Phi) is 5.85. The number of halogens is 3. The molecule has 0 bridgehead atoms. The van der Waals surface area contributed by atoms with Crippen LogP contribution in [0.25, 0.3) is 33.1 Å². The largest absolute Gasteiger partial charge is 0.418 e. The van der Waals surface area contributed by atoms with Crippen LogP contribution < -0.4 is 5.48 Å². The van der Waals surface area contributed by atoms with Crippen molar-refractivity contribution in [2.75, 3.05) is 26.3 Å². The summed E-state index contributed by atoms with van der Waals surface area (Å²) in [5.74, 6) is -0.672. The number of aromatic amines is 1. The summed E-state index contributed by atoms with van der Waals surface area (Å²) in [6, 6.07) is 7.64. The van der Waals surface area contributed by atoms with Gasteiger partial charge in [0.15, 0.2) is 0 Å². The SMILES string of the molecule is O=C(NO)c1ccc(-c2nc3c(C(F)(F)F)cc4[nH]ncc4c3c3c2CC(N2CCOCC2)CC3)cc1. The molecule has 1 aliphatic heterocycles. The smallest absolute Gasteiger partial charge is 0.379 e. The molecule has 11 heteroatoms. The summed E-state index contributed by atoms with van der Waals surface area (Å²) in [5, 5.41) is 16.8. The molecule has 0 radical (unpaired) electrons. The molecule has 3 heterocycles. The predicted molar refractivity (Wildman–Crippen MR) is 129 cm³/mol. The van der Waals surface area contributed by atoms with Crippen LogP contribution in [-0.4, -0.2) is 63.5 Å². The Morgan fingerprint density at radius 1 is 1.16 bits per heavy atom. The number of aryl methyl sites for hydroxylation is 1. The molecule has 2 aliphatic rings. The van der Waals surface area contributed by atoms with E-state index < -0.39 is 17.6 Å². The first kappa shape index (κ1) is 23.8. The summed E-state index contributed by atoms with van der Waals surface area (Å²) in [4.78, 5) is 18.9. The zero-order chi connectivity index (χ0) is 25.7. The number of aromatic nitrogens is 3. The quantitative estimate of drug-likeness (QED) is 0.283. The molecule has 1 aliphatic carbocycles. The highest BCUT2D eigenvalue weighted by Gasteiger charge is 2.37. The number of pyridine rings is 1. The predicted octanol–water partition coefficient (Wildman–Crippen LogP) is 4.11. The third kappa shape index (κ3) is 4.12. The second-order valence-electron chi connectivity index (χ2n) is 9.46. The van der Waals surface area contributed by atoms with E-state index in [1.807, 2.05) is 0 Å². The molecule has 0 spiro atoms. The number of morpholine rings is 1. The topological polar surface area (TPSA) is 103 Å². The summed E-state index contributed by atoms with van der Waals surface area (Å²) >= 11 is 0. The highest BCUT2D eigenvalue weighted by Crippen LogP contribution is 2.43. The first-order valence-electron chi connectivity index (χ1n) is 12.1. The van der Waals surface area contributed by atoms with Crippen LogP contribution in [0.4, 0.5) is 13.2 Å². The zero-order valence-electron chi connectivity index (χ0n) is 19.7. The lowest BCUT2D eigenvalue weighted by molar-refractivity contribution is -0.136. The number of carbonyl (C=O) groups is 1. The van der Waals surface area contributed by atoms with Gasteiger partial charge < -0.3 is 4.74 Å². The number of amides is 1. The number of hydroxylamine groups is 1. The average Bonchev–Trinajstić information content (AvgIpc) is 3.40. The van der Waals surface area contributed by atoms with E-state index >= 15 is 0 Å². The molecule has 37 heavy (non-hydrogen) atoms. The fraction of sp³-hybridized carbons (Fsp3) is 0.346. The van der Waals surface area contributed by atoms with Gasteiger partial charge in [-0.15, -0.1) is 0 Å². The van der Waals surface area contributed by atoms with Crippen LogP contribution in [0.3, 0.4) is 0 Å². The van der Waals surface area contributed by atoms with Gasteiger partial charge in [0.2, 0.25) is 0 Å². The third-order valence-electron chi connectivity index (χ3n) is 7.45. The van der Waals surface area contributed by atoms with Gasteiger partial charge in [0, 0.05) is 41.0 Å². The van der Waals surface area contributed by atoms with E-state index in [9.17, 15) is 18.0 Å². The van der Waals surface area contributed by atoms with Crippen LogP contribution in [-0.2, 0) is 23.8 Å². The number of hydrogen-bond donors (Lipinski definition) is 3. The molecule has 8 nitrogen and oxygen atoms in total. The summed E-state index contributed by atoms with van der Waals surface area (Å²) in [6.07, 6.45) is -0.977. The number of rotatable bonds is 3. The van der Waals surface area contributed by atoms with Crippen molar-refractivity contribution in [2.45, 2.75) is 31.5 Å². The number of carbonyl (C=O) groups excluding carboxylic acids is 1. The lowest BCUT2D eigenvalue weighted by Crippen LogP contribution is -2.46. The molecular weight excluding hydrogens is 487 g/mol. The van der Waals surface area contributed by atoms with Crippen molar-refractivity contribution >= 4 is 27.7 Å². The van der Waals surface area contributed by atoms with Gasteiger partial charge in [-0.3, -0.25) is 20.0 Å². The second-order valence-corrected chi connectivity index (χ2v) is 9.46. The molecule has 192 valence electrons. The maximum atomic E-state index is 14.2. The Bertz CT molecular complexity index is 1490. The van der Waals surface area contributed by atoms with Crippen molar-refractivity contribution in [3.63, 3.8) is 0 Å². The number of nitrogens with one attached hydrogen (secondary N) is 2. The normalized spacial score (nSPS) is 18.8. The van der Waals surface area contributed by atoms with E-state index in [4.69, 9.17) is 9.94 Å². The van der Waals surface area contributed by atoms with Gasteiger partial charge in [-0.25, -0.2) is 10.5 Å². The highest BCUT2D eigenvalue weighted by molar-refractivity contribution is 6.09. The van der Waals surface area contributed by atoms with Crippen LogP contribution in [0.5, 0.6) is 0 Å². The fourth-order valence-corrected chi connectivity index (χ4v) is 5.67. The molecular formula is C26H24F3N5O3. The third-order valence-corrected chi connectivity index (χ3v) is 7.45. The lowest BCUT2D eigenvalue weighted by atomic mass is 9.82. The number of H-pyrrole nitrogens is 1. The highest BCUT2D eigenvalue weighted by atomic mass is 19.4. The first-order chi connectivity index (χ1) is 17.8. The number of ether oxygens (including phenoxy) is 1. The van der Waals surface area contributed by atoms with E-state index in [2.05, 4.69) is 20.1 Å². The van der Waals surface area contributed by atoms with Gasteiger partial charge in [0.25, 0.3) is 5.91 Å². The van der Waals surface area contributed by atoms with Crippen molar-refractivity contribution in [2.24, 2.45) is 0 Å². The van der Waals surface area contributed by atoms with Crippen molar-refractivity contribution < 1.29 is 27.9 Å². The molecule has 1 saturated heterocycles. The second kappa shape index (κ2) is 9.09. The van der Waals surface area contributed by atoms with Crippen LogP contribution in [0, 0.1) is 0 Å². The molecule has 1 unspecified atom stereocenters. The number of alkyl halides is 3. The summed E-state index contributed by atoms with van der Waals surface area (Å²) in [5.41, 5.74) is 4.09. The Morgan fingerprint density at radius 2 is 1.92 bits per heavy atom. The van der Waals surface area contributed by atoms with E-state index in [1.165, 1.54) is 12.1 Å². The van der Waals surface area contributed by atoms with Crippen molar-refractivity contribution in [1.82, 2.24) is 25.6 Å². The molecule has 1 amide bonds. The number of hydrogen-bond acceptors (Lipinski definition) is 6. The van der Waals surface area contributed by atoms with Crippen molar-refractivity contribution in [3.8, 4) is 11.3 Å². The molecule has 2 aromatic heterocycles. The Morgan fingerprint density at radius 3 is 2.62 bits per heavy atom. The van der Waals surface area contributed by atoms with E-state index in [0.29, 0.717) is 53.6 Å². The van der Waals surface area contributed by atoms with Gasteiger partial charge in [-0.05, 0) is 48.6 Å². The standard InChI is InChI=1S/C26H24F3N5O3/c27-26(28,29)20-12-21-19(13-30-32-21)22-17-6-5-16(34-7-9-37-10-8-34)11-18(17)23(31-24(20)22)14-1-3-15(4-2-14)25(35)33-36/h1-4,12-13,16,36H,5-11H2,(H,30,32)(H,33,35). The van der Waals surface area contributed by atoms with Crippen LogP contribution >= 0.6 is 0 Å². The molecule has 1 atom stereocenters. The summed E-state index contributed by atoms with van der Waals surface area (Å²) < 4.78 is 48.2. The van der Waals surface area contributed by atoms with Crippen molar-refractivity contribution in [3.05, 3.63) is 58.8 Å². The van der Waals surface area contributed by atoms with Crippen LogP contribution in [0.2, 0.25) is 0 Å². The van der Waals surface area contributed by atoms with Gasteiger partial charge >= 0.3 is 6.18 Å². The Balaban J connectivity index is 1.59. The van der Waals surface area contributed by atoms with Gasteiger partial charge in [-0.2, -0.15) is 18.3 Å². The molecule has 4 aromatic rings. The maximum absolute atomic E-state index is 14.2. The summed E-state index contributed by atoms with van der Waals surface area (Å²) in [7, 11) is 0. The average molecular weight is 512 g/mol. The van der Waals surface area contributed by atoms with Gasteiger partial charge in [0.05, 0.1) is 41.7 Å². The van der Waals surface area contributed by atoms with E-state index in [1.54, 1.807) is 23.8 Å². The van der Waals surface area contributed by atoms with E-state index in [0.717, 1.165) is 36.7 Å². The minimum absolute atomic E-state index is 0.0999. The monoisotopic (exact) mass is 511 g/mol. The van der Waals surface area contributed by atoms with Crippen LogP contribution in [0.15, 0.2) is 36.5 Å². The fourth-order valence-electron chi connectivity index (χ4n) is 5.67. The number of benzene rings is 2. The van der Waals surface area contributed by atoms with Gasteiger partial charge in [0.1, 0.15) is 0 Å². The molecule has 6 rings (SSSR count). The number of nitrogens with zero attached hydrogens (tertiary/aromatic N) is 3. The lowest BCUT2D eigenvalue weighted by Gasteiger charge is -2.38. The molecule has 1 fully saturated rings.